The summed E-state index contributed by atoms with van der Waals surface area (Å²) in [4.78, 5) is 2.40. The molecule has 3 heteroatoms. The Bertz CT molecular complexity index is 3080. The van der Waals surface area contributed by atoms with Gasteiger partial charge in [-0.3, -0.25) is 0 Å². The van der Waals surface area contributed by atoms with E-state index in [0.29, 0.717) is 0 Å². The van der Waals surface area contributed by atoms with Gasteiger partial charge in [-0.15, -0.1) is 0 Å². The fourth-order valence-corrected chi connectivity index (χ4v) is 8.95. The van der Waals surface area contributed by atoms with E-state index in [1.54, 1.807) is 0 Å². The van der Waals surface area contributed by atoms with Gasteiger partial charge in [0.1, 0.15) is 16.7 Å². The van der Waals surface area contributed by atoms with Gasteiger partial charge >= 0.3 is 0 Å². The lowest BCUT2D eigenvalue weighted by Gasteiger charge is -2.29. The normalized spacial score (nSPS) is 13.1. The minimum absolute atomic E-state index is 0.153. The van der Waals surface area contributed by atoms with Gasteiger partial charge in [0, 0.05) is 43.8 Å². The van der Waals surface area contributed by atoms with E-state index in [-0.39, 0.29) is 5.41 Å². The number of anilines is 3. The maximum Gasteiger partial charge on any atom is 0.159 e. The molecule has 1 aliphatic carbocycles. The monoisotopic (exact) mass is 693 g/mol. The zero-order chi connectivity index (χ0) is 36.0. The largest absolute Gasteiger partial charge is 0.456 e. The standard InChI is InChI=1S/C51H35NO2/c1-51(2)41-24-12-9-21-36(41)37-29-28-34(30-42(37)51)52(43-25-13-10-20-35(43)32-16-5-3-6-17-32)44-26-15-23-38-40-31-46-48(39-22-11-14-27-45(39)53-46)47(50(40)54-49(38)44)33-18-7-4-8-19-33/h3-31H,1-2H3. The van der Waals surface area contributed by atoms with Crippen LogP contribution in [0.4, 0.5) is 17.1 Å². The Hall–Kier alpha value is -6.84. The second kappa shape index (κ2) is 11.6. The number of rotatable bonds is 5. The van der Waals surface area contributed by atoms with Crippen LogP contribution in [0, 0.1) is 0 Å². The van der Waals surface area contributed by atoms with Crippen molar-refractivity contribution in [1.29, 1.82) is 0 Å². The number of hydrogen-bond donors (Lipinski definition) is 0. The first kappa shape index (κ1) is 30.8. The van der Waals surface area contributed by atoms with Gasteiger partial charge in [0.15, 0.2) is 5.58 Å². The van der Waals surface area contributed by atoms with Crippen LogP contribution in [0.3, 0.4) is 0 Å². The van der Waals surface area contributed by atoms with Crippen LogP contribution in [-0.4, -0.2) is 0 Å². The Kier molecular flexibility index (Phi) is 6.60. The minimum Gasteiger partial charge on any atom is -0.456 e. The quantitative estimate of drug-likeness (QED) is 0.180. The van der Waals surface area contributed by atoms with Crippen molar-refractivity contribution in [1.82, 2.24) is 0 Å². The summed E-state index contributed by atoms with van der Waals surface area (Å²) in [6, 6.07) is 62.7. The second-order valence-corrected chi connectivity index (χ2v) is 14.8. The third-order valence-corrected chi connectivity index (χ3v) is 11.5. The zero-order valence-electron chi connectivity index (χ0n) is 30.0. The van der Waals surface area contributed by atoms with Gasteiger partial charge in [-0.05, 0) is 69.8 Å². The van der Waals surface area contributed by atoms with Crippen molar-refractivity contribution in [3.05, 3.63) is 187 Å². The summed E-state index contributed by atoms with van der Waals surface area (Å²) >= 11 is 0. The molecule has 0 amide bonds. The van der Waals surface area contributed by atoms with Crippen molar-refractivity contribution in [2.75, 3.05) is 4.90 Å². The first-order valence-electron chi connectivity index (χ1n) is 18.6. The van der Waals surface area contributed by atoms with E-state index in [4.69, 9.17) is 8.83 Å². The molecule has 11 rings (SSSR count). The van der Waals surface area contributed by atoms with Crippen LogP contribution in [0.15, 0.2) is 185 Å². The summed E-state index contributed by atoms with van der Waals surface area (Å²) in [5, 5.41) is 4.21. The highest BCUT2D eigenvalue weighted by Gasteiger charge is 2.36. The summed E-state index contributed by atoms with van der Waals surface area (Å²) in [5.74, 6) is 0. The van der Waals surface area contributed by atoms with E-state index in [1.807, 2.05) is 12.1 Å². The Labute approximate surface area is 313 Å². The fraction of sp³-hybridized carbons (Fsp3) is 0.0588. The Balaban J connectivity index is 1.22. The molecule has 8 aromatic carbocycles. The molecule has 54 heavy (non-hydrogen) atoms. The van der Waals surface area contributed by atoms with E-state index in [9.17, 15) is 0 Å². The number of nitrogens with zero attached hydrogens (tertiary/aromatic N) is 1. The minimum atomic E-state index is -0.153. The SMILES string of the molecule is CC1(C)c2ccccc2-c2ccc(N(c3ccccc3-c3ccccc3)c3cccc4c3oc3c(-c5ccccc5)c5c(cc34)oc3ccccc35)cc21. The summed E-state index contributed by atoms with van der Waals surface area (Å²) in [6.07, 6.45) is 0. The van der Waals surface area contributed by atoms with Gasteiger partial charge in [-0.2, -0.15) is 0 Å². The lowest BCUT2D eigenvalue weighted by atomic mass is 9.82. The lowest BCUT2D eigenvalue weighted by molar-refractivity contribution is 0.660. The molecular weight excluding hydrogens is 659 g/mol. The van der Waals surface area contributed by atoms with Gasteiger partial charge in [0.05, 0.1) is 11.4 Å². The van der Waals surface area contributed by atoms with Crippen molar-refractivity contribution in [2.24, 2.45) is 0 Å². The second-order valence-electron chi connectivity index (χ2n) is 14.8. The summed E-state index contributed by atoms with van der Waals surface area (Å²) in [5.41, 5.74) is 16.1. The predicted octanol–water partition coefficient (Wildman–Crippen LogP) is 14.6. The molecule has 0 aliphatic heterocycles. The molecule has 0 unspecified atom stereocenters. The van der Waals surface area contributed by atoms with E-state index in [2.05, 4.69) is 183 Å². The third-order valence-electron chi connectivity index (χ3n) is 11.5. The molecule has 0 fully saturated rings. The molecule has 2 heterocycles. The van der Waals surface area contributed by atoms with E-state index < -0.39 is 0 Å². The van der Waals surface area contributed by atoms with Gasteiger partial charge < -0.3 is 13.7 Å². The number of hydrogen-bond acceptors (Lipinski definition) is 3. The Morgan fingerprint density at radius 1 is 0.426 bits per heavy atom. The highest BCUT2D eigenvalue weighted by atomic mass is 16.3. The van der Waals surface area contributed by atoms with Gasteiger partial charge in [-0.1, -0.05) is 153 Å². The molecule has 2 aromatic heterocycles. The molecule has 0 saturated carbocycles. The first-order chi connectivity index (χ1) is 26.6. The molecule has 0 saturated heterocycles. The molecular formula is C51H35NO2. The average Bonchev–Trinajstić information content (AvgIpc) is 3.86. The molecule has 0 spiro atoms. The molecule has 0 bridgehead atoms. The lowest BCUT2D eigenvalue weighted by Crippen LogP contribution is -2.17. The van der Waals surface area contributed by atoms with Crippen LogP contribution in [0.2, 0.25) is 0 Å². The third kappa shape index (κ3) is 4.42. The van der Waals surface area contributed by atoms with Crippen LogP contribution >= 0.6 is 0 Å². The first-order valence-corrected chi connectivity index (χ1v) is 18.6. The number of para-hydroxylation sites is 3. The molecule has 256 valence electrons. The van der Waals surface area contributed by atoms with Gasteiger partial charge in [0.2, 0.25) is 0 Å². The van der Waals surface area contributed by atoms with Crippen molar-refractivity contribution < 1.29 is 8.83 Å². The maximum absolute atomic E-state index is 7.27. The van der Waals surface area contributed by atoms with Crippen LogP contribution in [-0.2, 0) is 5.41 Å². The predicted molar refractivity (Wildman–Crippen MR) is 224 cm³/mol. The van der Waals surface area contributed by atoms with Crippen molar-refractivity contribution in [3.63, 3.8) is 0 Å². The average molecular weight is 694 g/mol. The topological polar surface area (TPSA) is 29.5 Å². The summed E-state index contributed by atoms with van der Waals surface area (Å²) in [6.45, 7) is 4.68. The van der Waals surface area contributed by atoms with Crippen molar-refractivity contribution in [3.8, 4) is 33.4 Å². The zero-order valence-corrected chi connectivity index (χ0v) is 30.0. The molecule has 0 atom stereocenters. The van der Waals surface area contributed by atoms with Crippen molar-refractivity contribution >= 4 is 60.9 Å². The van der Waals surface area contributed by atoms with E-state index >= 15 is 0 Å². The van der Waals surface area contributed by atoms with E-state index in [0.717, 1.165) is 83.2 Å². The maximum atomic E-state index is 7.27. The van der Waals surface area contributed by atoms with Crippen LogP contribution in [0.5, 0.6) is 0 Å². The van der Waals surface area contributed by atoms with Gasteiger partial charge in [0.25, 0.3) is 0 Å². The molecule has 3 nitrogen and oxygen atoms in total. The Morgan fingerprint density at radius 2 is 1.07 bits per heavy atom. The summed E-state index contributed by atoms with van der Waals surface area (Å²) < 4.78 is 13.8. The molecule has 1 aliphatic rings. The fourth-order valence-electron chi connectivity index (χ4n) is 8.95. The summed E-state index contributed by atoms with van der Waals surface area (Å²) in [7, 11) is 0. The smallest absolute Gasteiger partial charge is 0.159 e. The van der Waals surface area contributed by atoms with Crippen LogP contribution in [0.1, 0.15) is 25.0 Å². The Morgan fingerprint density at radius 3 is 1.91 bits per heavy atom. The molecule has 10 aromatic rings. The number of fused-ring (bicyclic) bond motifs is 9. The van der Waals surface area contributed by atoms with Crippen LogP contribution < -0.4 is 4.90 Å². The van der Waals surface area contributed by atoms with E-state index in [1.165, 1.54) is 22.3 Å². The van der Waals surface area contributed by atoms with Crippen LogP contribution in [0.25, 0.3) is 77.3 Å². The van der Waals surface area contributed by atoms with Gasteiger partial charge in [-0.25, -0.2) is 0 Å². The number of benzene rings is 8. The molecule has 0 radical (unpaired) electrons. The highest BCUT2D eigenvalue weighted by Crippen LogP contribution is 2.53. The molecule has 0 N–H and O–H groups in total. The highest BCUT2D eigenvalue weighted by molar-refractivity contribution is 6.24. The number of furan rings is 2. The van der Waals surface area contributed by atoms with Crippen molar-refractivity contribution in [2.45, 2.75) is 19.3 Å².